The minimum atomic E-state index is 0.580. The van der Waals surface area contributed by atoms with E-state index < -0.39 is 0 Å². The van der Waals surface area contributed by atoms with Crippen LogP contribution in [0.2, 0.25) is 10.0 Å². The van der Waals surface area contributed by atoms with E-state index in [1.165, 1.54) is 12.8 Å². The van der Waals surface area contributed by atoms with Crippen LogP contribution in [0, 0.1) is 12.8 Å². The minimum absolute atomic E-state index is 0.580. The molecular formula is C20H20Cl2N4. The van der Waals surface area contributed by atoms with Crippen molar-refractivity contribution < 1.29 is 0 Å². The molecule has 1 saturated carbocycles. The summed E-state index contributed by atoms with van der Waals surface area (Å²) in [5.74, 6) is 1.76. The number of imidazole rings is 1. The monoisotopic (exact) mass is 386 g/mol. The average molecular weight is 387 g/mol. The molecule has 0 spiro atoms. The molecule has 2 heterocycles. The highest BCUT2D eigenvalue weighted by Crippen LogP contribution is 2.36. The lowest BCUT2D eigenvalue weighted by atomic mass is 10.0. The van der Waals surface area contributed by atoms with E-state index in [0.29, 0.717) is 10.0 Å². The van der Waals surface area contributed by atoms with Gasteiger partial charge in [0.05, 0.1) is 5.02 Å². The number of aromatic nitrogens is 4. The van der Waals surface area contributed by atoms with Crippen LogP contribution < -0.4 is 0 Å². The van der Waals surface area contributed by atoms with Gasteiger partial charge in [0, 0.05) is 23.6 Å². The summed E-state index contributed by atoms with van der Waals surface area (Å²) in [6, 6.07) is 3.64. The molecule has 1 fully saturated rings. The van der Waals surface area contributed by atoms with Crippen LogP contribution in [0.25, 0.3) is 22.4 Å². The fraction of sp³-hybridized carbons (Fsp3) is 0.350. The Morgan fingerprint density at radius 3 is 2.73 bits per heavy atom. The zero-order valence-corrected chi connectivity index (χ0v) is 16.3. The van der Waals surface area contributed by atoms with Crippen LogP contribution in [-0.4, -0.2) is 19.5 Å². The Bertz CT molecular complexity index is 979. The summed E-state index contributed by atoms with van der Waals surface area (Å²) in [7, 11) is 0. The van der Waals surface area contributed by atoms with Crippen LogP contribution in [0.15, 0.2) is 30.6 Å². The maximum absolute atomic E-state index is 6.48. The number of benzene rings is 1. The third-order valence-corrected chi connectivity index (χ3v) is 5.25. The standard InChI is InChI=1S/C20H20Cl2N4/c1-3-16-25-19-18(17-12(2)9-14(21)10-15(17)22)23-11-24-20(19)26(16)8-4-5-13-6-7-13/h4-5,9-11,13H,3,6-8H2,1-2H3. The molecule has 3 aromatic rings. The number of rotatable bonds is 5. The molecule has 0 saturated heterocycles. The molecule has 0 bridgehead atoms. The zero-order chi connectivity index (χ0) is 18.3. The fourth-order valence-electron chi connectivity index (χ4n) is 3.28. The van der Waals surface area contributed by atoms with Gasteiger partial charge in [0.25, 0.3) is 0 Å². The van der Waals surface area contributed by atoms with E-state index >= 15 is 0 Å². The van der Waals surface area contributed by atoms with Crippen LogP contribution in [0.5, 0.6) is 0 Å². The number of halogens is 2. The first-order valence-electron chi connectivity index (χ1n) is 8.91. The van der Waals surface area contributed by atoms with E-state index in [-0.39, 0.29) is 0 Å². The van der Waals surface area contributed by atoms with Crippen molar-refractivity contribution in [3.63, 3.8) is 0 Å². The Morgan fingerprint density at radius 1 is 1.23 bits per heavy atom. The molecule has 0 amide bonds. The van der Waals surface area contributed by atoms with Crippen LogP contribution in [0.1, 0.15) is 31.2 Å². The van der Waals surface area contributed by atoms with Crippen LogP contribution in [-0.2, 0) is 13.0 Å². The van der Waals surface area contributed by atoms with Crippen molar-refractivity contribution in [3.8, 4) is 11.3 Å². The SMILES string of the molecule is CCc1nc2c(-c3c(C)cc(Cl)cc3Cl)ncnc2n1CC=CC1CC1. The van der Waals surface area contributed by atoms with Crippen molar-refractivity contribution in [2.45, 2.75) is 39.7 Å². The Balaban J connectivity index is 1.86. The molecule has 0 N–H and O–H groups in total. The van der Waals surface area contributed by atoms with Crippen LogP contribution >= 0.6 is 23.2 Å². The second-order valence-electron chi connectivity index (χ2n) is 6.73. The largest absolute Gasteiger partial charge is 0.309 e. The quantitative estimate of drug-likeness (QED) is 0.533. The third kappa shape index (κ3) is 3.24. The number of hydrogen-bond acceptors (Lipinski definition) is 3. The molecule has 26 heavy (non-hydrogen) atoms. The zero-order valence-electron chi connectivity index (χ0n) is 14.8. The minimum Gasteiger partial charge on any atom is -0.309 e. The van der Waals surface area contributed by atoms with Crippen molar-refractivity contribution in [2.24, 2.45) is 5.92 Å². The van der Waals surface area contributed by atoms with Crippen molar-refractivity contribution >= 4 is 34.4 Å². The second kappa shape index (κ2) is 7.01. The van der Waals surface area contributed by atoms with E-state index in [4.69, 9.17) is 28.2 Å². The molecule has 6 heteroatoms. The van der Waals surface area contributed by atoms with Gasteiger partial charge in [0.2, 0.25) is 0 Å². The lowest BCUT2D eigenvalue weighted by Crippen LogP contribution is -2.02. The molecule has 134 valence electrons. The summed E-state index contributed by atoms with van der Waals surface area (Å²) in [4.78, 5) is 13.9. The highest BCUT2D eigenvalue weighted by Gasteiger charge is 2.20. The molecule has 4 rings (SSSR count). The van der Waals surface area contributed by atoms with Crippen LogP contribution in [0.4, 0.5) is 0 Å². The van der Waals surface area contributed by atoms with Gasteiger partial charge in [0.1, 0.15) is 23.4 Å². The predicted molar refractivity (Wildman–Crippen MR) is 107 cm³/mol. The number of allylic oxidation sites excluding steroid dienone is 2. The lowest BCUT2D eigenvalue weighted by Gasteiger charge is -2.09. The van der Waals surface area contributed by atoms with Gasteiger partial charge in [0.15, 0.2) is 5.65 Å². The highest BCUT2D eigenvalue weighted by molar-refractivity contribution is 6.36. The van der Waals surface area contributed by atoms with E-state index in [0.717, 1.165) is 52.7 Å². The first-order valence-corrected chi connectivity index (χ1v) is 9.66. The molecule has 2 aromatic heterocycles. The first kappa shape index (κ1) is 17.5. The maximum Gasteiger partial charge on any atom is 0.164 e. The van der Waals surface area contributed by atoms with E-state index in [1.54, 1.807) is 12.4 Å². The number of fused-ring (bicyclic) bond motifs is 1. The maximum atomic E-state index is 6.48. The molecule has 1 aliphatic carbocycles. The third-order valence-electron chi connectivity index (χ3n) is 4.73. The second-order valence-corrected chi connectivity index (χ2v) is 7.58. The summed E-state index contributed by atoms with van der Waals surface area (Å²) < 4.78 is 2.17. The van der Waals surface area contributed by atoms with Crippen molar-refractivity contribution in [3.05, 3.63) is 52.0 Å². The summed E-state index contributed by atoms with van der Waals surface area (Å²) >= 11 is 12.6. The average Bonchev–Trinajstić information content (AvgIpc) is 3.34. The van der Waals surface area contributed by atoms with Crippen LogP contribution in [0.3, 0.4) is 0 Å². The van der Waals surface area contributed by atoms with Gasteiger partial charge in [-0.05, 0) is 43.4 Å². The topological polar surface area (TPSA) is 43.6 Å². The molecule has 1 aromatic carbocycles. The molecule has 4 nitrogen and oxygen atoms in total. The smallest absolute Gasteiger partial charge is 0.164 e. The molecule has 1 aliphatic rings. The van der Waals surface area contributed by atoms with Gasteiger partial charge >= 0.3 is 0 Å². The summed E-state index contributed by atoms with van der Waals surface area (Å²) in [6.45, 7) is 4.87. The van der Waals surface area contributed by atoms with Gasteiger partial charge in [-0.3, -0.25) is 0 Å². The Hall–Kier alpha value is -1.91. The lowest BCUT2D eigenvalue weighted by molar-refractivity contribution is 0.758. The molecule has 0 unspecified atom stereocenters. The Kier molecular flexibility index (Phi) is 4.72. The molecule has 0 radical (unpaired) electrons. The normalized spacial score (nSPS) is 14.6. The van der Waals surface area contributed by atoms with Gasteiger partial charge in [-0.2, -0.15) is 0 Å². The van der Waals surface area contributed by atoms with Crippen molar-refractivity contribution in [1.29, 1.82) is 0 Å². The number of nitrogens with zero attached hydrogens (tertiary/aromatic N) is 4. The van der Waals surface area contributed by atoms with Gasteiger partial charge in [-0.25, -0.2) is 15.0 Å². The van der Waals surface area contributed by atoms with E-state index in [2.05, 4.69) is 33.6 Å². The molecule has 0 atom stereocenters. The van der Waals surface area contributed by atoms with Crippen molar-refractivity contribution in [2.75, 3.05) is 0 Å². The summed E-state index contributed by atoms with van der Waals surface area (Å²) in [5.41, 5.74) is 4.23. The summed E-state index contributed by atoms with van der Waals surface area (Å²) in [5, 5.41) is 1.20. The molecule has 0 aliphatic heterocycles. The van der Waals surface area contributed by atoms with Crippen molar-refractivity contribution in [1.82, 2.24) is 19.5 Å². The summed E-state index contributed by atoms with van der Waals surface area (Å²) in [6.07, 6.45) is 9.56. The Labute approximate surface area is 162 Å². The van der Waals surface area contributed by atoms with E-state index in [9.17, 15) is 0 Å². The number of aryl methyl sites for hydroxylation is 2. The fourth-order valence-corrected chi connectivity index (χ4v) is 3.96. The Morgan fingerprint density at radius 2 is 2.04 bits per heavy atom. The van der Waals surface area contributed by atoms with E-state index in [1.807, 2.05) is 13.0 Å². The highest BCUT2D eigenvalue weighted by atomic mass is 35.5. The van der Waals surface area contributed by atoms with Gasteiger partial charge in [-0.15, -0.1) is 0 Å². The number of hydrogen-bond donors (Lipinski definition) is 0. The first-order chi connectivity index (χ1) is 12.6. The van der Waals surface area contributed by atoms with Gasteiger partial charge < -0.3 is 4.57 Å². The molecular weight excluding hydrogens is 367 g/mol. The van der Waals surface area contributed by atoms with Gasteiger partial charge in [-0.1, -0.05) is 42.3 Å². The predicted octanol–water partition coefficient (Wildman–Crippen LogP) is 5.64.